The molecule has 0 saturated carbocycles. The number of ketones is 1. The lowest BCUT2D eigenvalue weighted by atomic mass is 10.0. The lowest BCUT2D eigenvalue weighted by Gasteiger charge is -2.32. The molecular weight excluding hydrogens is 250 g/mol. The predicted molar refractivity (Wildman–Crippen MR) is 81.2 cm³/mol. The van der Waals surface area contributed by atoms with Crippen molar-refractivity contribution in [2.75, 3.05) is 26.2 Å². The van der Waals surface area contributed by atoms with E-state index in [1.54, 1.807) is 0 Å². The molecule has 1 fully saturated rings. The quantitative estimate of drug-likeness (QED) is 0.747. The molecule has 1 saturated heterocycles. The van der Waals surface area contributed by atoms with E-state index in [0.717, 1.165) is 50.1 Å². The molecule has 0 radical (unpaired) electrons. The first-order valence-electron chi connectivity index (χ1n) is 7.63. The predicted octanol–water partition coefficient (Wildman–Crippen LogP) is 3.07. The van der Waals surface area contributed by atoms with Crippen LogP contribution in [-0.2, 0) is 4.74 Å². The Labute approximate surface area is 121 Å². The van der Waals surface area contributed by atoms with Crippen molar-refractivity contribution in [2.45, 2.75) is 39.2 Å². The number of benzene rings is 1. The molecule has 3 nitrogen and oxygen atoms in total. The van der Waals surface area contributed by atoms with E-state index in [2.05, 4.69) is 11.8 Å². The van der Waals surface area contributed by atoms with Crippen molar-refractivity contribution in [1.29, 1.82) is 0 Å². The molecule has 0 amide bonds. The largest absolute Gasteiger partial charge is 0.377 e. The smallest absolute Gasteiger partial charge is 0.177 e. The third kappa shape index (κ3) is 4.15. The van der Waals surface area contributed by atoms with Crippen molar-refractivity contribution in [3.05, 3.63) is 35.4 Å². The van der Waals surface area contributed by atoms with Gasteiger partial charge in [0.1, 0.15) is 0 Å². The molecule has 2 rings (SSSR count). The fourth-order valence-electron chi connectivity index (χ4n) is 2.75. The van der Waals surface area contributed by atoms with Gasteiger partial charge in [0.15, 0.2) is 5.78 Å². The number of ether oxygens (including phenoxy) is 1. The SMILES string of the molecule is CCCOC1CCCN(CC(=O)c2ccccc2C)C1. The van der Waals surface area contributed by atoms with Crippen LogP contribution in [0.4, 0.5) is 0 Å². The van der Waals surface area contributed by atoms with Crippen LogP contribution in [0.25, 0.3) is 0 Å². The highest BCUT2D eigenvalue weighted by atomic mass is 16.5. The van der Waals surface area contributed by atoms with E-state index >= 15 is 0 Å². The van der Waals surface area contributed by atoms with Crippen LogP contribution in [0.2, 0.25) is 0 Å². The summed E-state index contributed by atoms with van der Waals surface area (Å²) in [7, 11) is 0. The Balaban J connectivity index is 1.89. The van der Waals surface area contributed by atoms with Gasteiger partial charge in [-0.25, -0.2) is 0 Å². The summed E-state index contributed by atoms with van der Waals surface area (Å²) >= 11 is 0. The fourth-order valence-corrected chi connectivity index (χ4v) is 2.75. The van der Waals surface area contributed by atoms with Crippen molar-refractivity contribution in [3.63, 3.8) is 0 Å². The lowest BCUT2D eigenvalue weighted by molar-refractivity contribution is 0.00130. The maximum Gasteiger partial charge on any atom is 0.177 e. The van der Waals surface area contributed by atoms with Gasteiger partial charge in [0, 0.05) is 18.7 Å². The maximum absolute atomic E-state index is 12.4. The van der Waals surface area contributed by atoms with E-state index in [-0.39, 0.29) is 5.78 Å². The molecule has 0 aromatic heterocycles. The van der Waals surface area contributed by atoms with E-state index in [9.17, 15) is 4.79 Å². The molecular formula is C17H25NO2. The van der Waals surface area contributed by atoms with Gasteiger partial charge in [0.05, 0.1) is 12.6 Å². The van der Waals surface area contributed by atoms with E-state index in [0.29, 0.717) is 12.6 Å². The summed E-state index contributed by atoms with van der Waals surface area (Å²) in [6.07, 6.45) is 3.59. The molecule has 3 heteroatoms. The summed E-state index contributed by atoms with van der Waals surface area (Å²) in [5.41, 5.74) is 1.91. The number of aryl methyl sites for hydroxylation is 1. The summed E-state index contributed by atoms with van der Waals surface area (Å²) < 4.78 is 5.82. The zero-order valence-electron chi connectivity index (χ0n) is 12.6. The van der Waals surface area contributed by atoms with Gasteiger partial charge in [-0.05, 0) is 38.3 Å². The maximum atomic E-state index is 12.4. The van der Waals surface area contributed by atoms with Crippen molar-refractivity contribution >= 4 is 5.78 Å². The minimum Gasteiger partial charge on any atom is -0.377 e. The van der Waals surface area contributed by atoms with Gasteiger partial charge in [-0.2, -0.15) is 0 Å². The summed E-state index contributed by atoms with van der Waals surface area (Å²) in [4.78, 5) is 14.6. The van der Waals surface area contributed by atoms with Gasteiger partial charge >= 0.3 is 0 Å². The average Bonchev–Trinajstić information content (AvgIpc) is 2.46. The van der Waals surface area contributed by atoms with Crippen LogP contribution in [0.1, 0.15) is 42.1 Å². The van der Waals surface area contributed by atoms with Gasteiger partial charge < -0.3 is 4.74 Å². The fraction of sp³-hybridized carbons (Fsp3) is 0.588. The molecule has 1 atom stereocenters. The van der Waals surface area contributed by atoms with E-state index in [1.165, 1.54) is 0 Å². The molecule has 1 aromatic carbocycles. The molecule has 0 bridgehead atoms. The topological polar surface area (TPSA) is 29.5 Å². The molecule has 1 aliphatic rings. The summed E-state index contributed by atoms with van der Waals surface area (Å²) in [5, 5.41) is 0. The van der Waals surface area contributed by atoms with Crippen LogP contribution in [0.15, 0.2) is 24.3 Å². The number of hydrogen-bond donors (Lipinski definition) is 0. The Morgan fingerprint density at radius 2 is 2.20 bits per heavy atom. The molecule has 20 heavy (non-hydrogen) atoms. The summed E-state index contributed by atoms with van der Waals surface area (Å²) in [5.74, 6) is 0.222. The Morgan fingerprint density at radius 1 is 1.40 bits per heavy atom. The van der Waals surface area contributed by atoms with Gasteiger partial charge in [0.2, 0.25) is 0 Å². The number of carbonyl (C=O) groups excluding carboxylic acids is 1. The molecule has 1 heterocycles. The molecule has 0 spiro atoms. The second-order valence-electron chi connectivity index (χ2n) is 5.61. The Hall–Kier alpha value is -1.19. The second-order valence-corrected chi connectivity index (χ2v) is 5.61. The number of Topliss-reactive ketones (excluding diaryl/α,β-unsaturated/α-hetero) is 1. The number of nitrogens with zero attached hydrogens (tertiary/aromatic N) is 1. The van der Waals surface area contributed by atoms with E-state index < -0.39 is 0 Å². The highest BCUT2D eigenvalue weighted by molar-refractivity contribution is 5.98. The molecule has 0 N–H and O–H groups in total. The zero-order valence-corrected chi connectivity index (χ0v) is 12.6. The third-order valence-electron chi connectivity index (χ3n) is 3.83. The van der Waals surface area contributed by atoms with Crippen LogP contribution in [0.3, 0.4) is 0 Å². The number of likely N-dealkylation sites (tertiary alicyclic amines) is 1. The average molecular weight is 275 g/mol. The molecule has 0 aliphatic carbocycles. The Morgan fingerprint density at radius 3 is 2.95 bits per heavy atom. The van der Waals surface area contributed by atoms with Crippen molar-refractivity contribution in [2.24, 2.45) is 0 Å². The minimum atomic E-state index is 0.222. The second kappa shape index (κ2) is 7.55. The molecule has 1 aliphatic heterocycles. The van der Waals surface area contributed by atoms with Gasteiger partial charge in [-0.15, -0.1) is 0 Å². The molecule has 110 valence electrons. The van der Waals surface area contributed by atoms with Crippen molar-refractivity contribution in [3.8, 4) is 0 Å². The van der Waals surface area contributed by atoms with Crippen molar-refractivity contribution < 1.29 is 9.53 Å². The van der Waals surface area contributed by atoms with Crippen molar-refractivity contribution in [1.82, 2.24) is 4.90 Å². The first-order chi connectivity index (χ1) is 9.70. The summed E-state index contributed by atoms with van der Waals surface area (Å²) in [6, 6.07) is 7.83. The van der Waals surface area contributed by atoms with E-state index in [1.807, 2.05) is 31.2 Å². The van der Waals surface area contributed by atoms with Gasteiger partial charge in [-0.1, -0.05) is 31.2 Å². The standard InChI is InChI=1S/C17H25NO2/c1-3-11-20-15-8-6-10-18(12-15)13-17(19)16-9-5-4-7-14(16)2/h4-5,7,9,15H,3,6,8,10-13H2,1-2H3. The van der Waals surface area contributed by atoms with Crippen LogP contribution >= 0.6 is 0 Å². The highest BCUT2D eigenvalue weighted by Gasteiger charge is 2.22. The zero-order chi connectivity index (χ0) is 14.4. The number of hydrogen-bond acceptors (Lipinski definition) is 3. The lowest BCUT2D eigenvalue weighted by Crippen LogP contribution is -2.42. The van der Waals surface area contributed by atoms with E-state index in [4.69, 9.17) is 4.74 Å². The normalized spacial score (nSPS) is 20.0. The van der Waals surface area contributed by atoms with Crippen LogP contribution in [0.5, 0.6) is 0 Å². The summed E-state index contributed by atoms with van der Waals surface area (Å²) in [6.45, 7) is 7.35. The monoisotopic (exact) mass is 275 g/mol. The molecule has 1 unspecified atom stereocenters. The van der Waals surface area contributed by atoms with Crippen LogP contribution in [-0.4, -0.2) is 43.0 Å². The first kappa shape index (κ1) is 15.2. The number of piperidine rings is 1. The highest BCUT2D eigenvalue weighted by Crippen LogP contribution is 2.15. The number of carbonyl (C=O) groups is 1. The van der Waals surface area contributed by atoms with Gasteiger partial charge in [-0.3, -0.25) is 9.69 Å². The van der Waals surface area contributed by atoms with Gasteiger partial charge in [0.25, 0.3) is 0 Å². The van der Waals surface area contributed by atoms with Crippen LogP contribution in [0, 0.1) is 6.92 Å². The first-order valence-corrected chi connectivity index (χ1v) is 7.63. The minimum absolute atomic E-state index is 0.222. The van der Waals surface area contributed by atoms with Crippen LogP contribution < -0.4 is 0 Å². The molecule has 1 aromatic rings. The Bertz CT molecular complexity index is 444. The third-order valence-corrected chi connectivity index (χ3v) is 3.83. The Kier molecular flexibility index (Phi) is 5.74. The number of rotatable bonds is 6.